The second-order valence-electron chi connectivity index (χ2n) is 9.01. The summed E-state index contributed by atoms with van der Waals surface area (Å²) >= 11 is 0. The number of rotatable bonds is 5. The lowest BCUT2D eigenvalue weighted by atomic mass is 9.87. The third-order valence-corrected chi connectivity index (χ3v) is 5.50. The number of aromatic amines is 1. The number of nitrogens with zero attached hydrogens (tertiary/aromatic N) is 5. The van der Waals surface area contributed by atoms with Gasteiger partial charge in [0.25, 0.3) is 11.8 Å². The van der Waals surface area contributed by atoms with Gasteiger partial charge in [0.05, 0.1) is 17.0 Å². The third-order valence-electron chi connectivity index (χ3n) is 5.50. The summed E-state index contributed by atoms with van der Waals surface area (Å²) in [4.78, 5) is 25.6. The van der Waals surface area contributed by atoms with Gasteiger partial charge in [0, 0.05) is 16.8 Å². The van der Waals surface area contributed by atoms with Crippen molar-refractivity contribution in [2.45, 2.75) is 40.0 Å². The zero-order chi connectivity index (χ0) is 24.5. The molecule has 34 heavy (non-hydrogen) atoms. The van der Waals surface area contributed by atoms with E-state index in [0.717, 1.165) is 5.56 Å². The summed E-state index contributed by atoms with van der Waals surface area (Å²) in [6.07, 6.45) is 0. The predicted molar refractivity (Wildman–Crippen MR) is 129 cm³/mol. The predicted octanol–water partition coefficient (Wildman–Crippen LogP) is 3.10. The Labute approximate surface area is 197 Å². The van der Waals surface area contributed by atoms with E-state index in [-0.39, 0.29) is 17.2 Å². The summed E-state index contributed by atoms with van der Waals surface area (Å²) in [5.74, 6) is -0.0973. The Morgan fingerprint density at radius 3 is 2.26 bits per heavy atom. The van der Waals surface area contributed by atoms with E-state index >= 15 is 0 Å². The maximum Gasteiger partial charge on any atom is 0.282 e. The normalized spacial score (nSPS) is 15.3. The molecule has 0 spiro atoms. The molecule has 1 aliphatic rings. The van der Waals surface area contributed by atoms with Crippen molar-refractivity contribution in [3.63, 3.8) is 0 Å². The number of aromatic nitrogens is 4. The number of carbonyl (C=O) groups is 2. The highest BCUT2D eigenvalue weighted by molar-refractivity contribution is 6.30. The first-order valence-corrected chi connectivity index (χ1v) is 10.8. The number of amides is 2. The fourth-order valence-corrected chi connectivity index (χ4v) is 3.56. The Morgan fingerprint density at radius 1 is 1.00 bits per heavy atom. The Kier molecular flexibility index (Phi) is 5.97. The molecule has 0 fully saturated rings. The van der Waals surface area contributed by atoms with Crippen LogP contribution in [0.4, 0.5) is 5.69 Å². The standard InChI is InChI=1S/C24H26N8O2/c1-14(25-28-22(33)17-8-6-16(7-9-17)21-26-30-31-27-21)20-15(2)29-32(23(20)34)19-12-10-18(11-13-19)24(3,4)5/h6-13,25H,1-5H3,(H,28,33)(H,26,27,30,31)/b20-14-. The van der Waals surface area contributed by atoms with Crippen molar-refractivity contribution in [3.05, 3.63) is 70.9 Å². The molecule has 174 valence electrons. The molecule has 3 N–H and O–H groups in total. The highest BCUT2D eigenvalue weighted by Gasteiger charge is 2.31. The van der Waals surface area contributed by atoms with Crippen LogP contribution in [0.5, 0.6) is 0 Å². The van der Waals surface area contributed by atoms with Crippen molar-refractivity contribution in [3.8, 4) is 11.4 Å². The average Bonchev–Trinajstić information content (AvgIpc) is 3.45. The van der Waals surface area contributed by atoms with Crippen LogP contribution in [0, 0.1) is 0 Å². The summed E-state index contributed by atoms with van der Waals surface area (Å²) in [6, 6.07) is 14.6. The first-order valence-electron chi connectivity index (χ1n) is 10.8. The molecule has 2 heterocycles. The van der Waals surface area contributed by atoms with Crippen molar-refractivity contribution < 1.29 is 9.59 Å². The number of nitrogens with one attached hydrogen (secondary N) is 3. The van der Waals surface area contributed by atoms with Crippen LogP contribution >= 0.6 is 0 Å². The van der Waals surface area contributed by atoms with Gasteiger partial charge in [-0.25, -0.2) is 5.10 Å². The molecule has 1 aromatic heterocycles. The van der Waals surface area contributed by atoms with E-state index in [1.165, 1.54) is 10.6 Å². The molecule has 0 radical (unpaired) electrons. The van der Waals surface area contributed by atoms with Gasteiger partial charge in [-0.3, -0.25) is 15.0 Å². The van der Waals surface area contributed by atoms with E-state index in [9.17, 15) is 9.59 Å². The highest BCUT2D eigenvalue weighted by Crippen LogP contribution is 2.28. The smallest absolute Gasteiger partial charge is 0.282 e. The van der Waals surface area contributed by atoms with Crippen LogP contribution in [0.3, 0.4) is 0 Å². The number of hydrogen-bond donors (Lipinski definition) is 3. The van der Waals surface area contributed by atoms with Crippen LogP contribution in [0.1, 0.15) is 50.5 Å². The van der Waals surface area contributed by atoms with Crippen molar-refractivity contribution in [1.29, 1.82) is 0 Å². The van der Waals surface area contributed by atoms with Gasteiger partial charge in [-0.2, -0.15) is 10.1 Å². The SMILES string of the molecule is CC1=NN(c2ccc(C(C)(C)C)cc2)C(=O)/C1=C(/C)NNC(=O)c1ccc(-c2nnn[nH]2)cc1. The van der Waals surface area contributed by atoms with Crippen LogP contribution in [0.2, 0.25) is 0 Å². The molecule has 0 unspecified atom stereocenters. The van der Waals surface area contributed by atoms with Crippen molar-refractivity contribution in [2.24, 2.45) is 5.10 Å². The molecule has 10 heteroatoms. The van der Waals surface area contributed by atoms with Gasteiger partial charge in [-0.15, -0.1) is 5.10 Å². The first kappa shape index (κ1) is 22.8. The second-order valence-corrected chi connectivity index (χ2v) is 9.01. The molecule has 3 aromatic rings. The molecule has 2 amide bonds. The lowest BCUT2D eigenvalue weighted by molar-refractivity contribution is -0.114. The molecular formula is C24H26N8O2. The topological polar surface area (TPSA) is 128 Å². The van der Waals surface area contributed by atoms with Crippen LogP contribution in [0.15, 0.2) is 64.9 Å². The van der Waals surface area contributed by atoms with Gasteiger partial charge in [0.15, 0.2) is 5.82 Å². The quantitative estimate of drug-likeness (QED) is 0.398. The van der Waals surface area contributed by atoms with Gasteiger partial charge in [0.1, 0.15) is 0 Å². The number of hydrogen-bond acceptors (Lipinski definition) is 7. The van der Waals surface area contributed by atoms with Crippen molar-refractivity contribution >= 4 is 23.2 Å². The van der Waals surface area contributed by atoms with Crippen LogP contribution in [-0.4, -0.2) is 38.2 Å². The van der Waals surface area contributed by atoms with Gasteiger partial charge in [-0.05, 0) is 59.5 Å². The van der Waals surface area contributed by atoms with E-state index in [1.807, 2.05) is 24.3 Å². The zero-order valence-corrected chi connectivity index (χ0v) is 19.7. The average molecular weight is 459 g/mol. The minimum absolute atomic E-state index is 0.0179. The van der Waals surface area contributed by atoms with E-state index in [0.29, 0.717) is 34.1 Å². The third kappa shape index (κ3) is 4.56. The first-order chi connectivity index (χ1) is 16.1. The lowest BCUT2D eigenvalue weighted by Crippen LogP contribution is -2.37. The number of H-pyrrole nitrogens is 1. The number of anilines is 1. The number of benzene rings is 2. The minimum atomic E-state index is -0.350. The number of hydrazine groups is 1. The van der Waals surface area contributed by atoms with Crippen molar-refractivity contribution in [1.82, 2.24) is 31.5 Å². The molecule has 4 rings (SSSR count). The molecule has 2 aromatic carbocycles. The summed E-state index contributed by atoms with van der Waals surface area (Å²) < 4.78 is 0. The molecule has 0 bridgehead atoms. The summed E-state index contributed by atoms with van der Waals surface area (Å²) in [5.41, 5.74) is 10.0. The second kappa shape index (κ2) is 8.89. The number of hydrazone groups is 1. The maximum atomic E-state index is 13.1. The number of tetrazole rings is 1. The Bertz CT molecular complexity index is 1270. The summed E-state index contributed by atoms with van der Waals surface area (Å²) in [5, 5.41) is 19.4. The van der Waals surface area contributed by atoms with Crippen LogP contribution in [-0.2, 0) is 10.2 Å². The van der Waals surface area contributed by atoms with E-state index in [1.54, 1.807) is 38.1 Å². The minimum Gasteiger partial charge on any atom is -0.302 e. The molecule has 0 aliphatic carbocycles. The Hall–Kier alpha value is -4.34. The summed E-state index contributed by atoms with van der Waals surface area (Å²) in [6.45, 7) is 9.90. The molecule has 10 nitrogen and oxygen atoms in total. The van der Waals surface area contributed by atoms with Gasteiger partial charge in [0.2, 0.25) is 0 Å². The fraction of sp³-hybridized carbons (Fsp3) is 0.250. The fourth-order valence-electron chi connectivity index (χ4n) is 3.56. The molecule has 0 saturated carbocycles. The maximum absolute atomic E-state index is 13.1. The Balaban J connectivity index is 1.44. The van der Waals surface area contributed by atoms with E-state index < -0.39 is 0 Å². The summed E-state index contributed by atoms with van der Waals surface area (Å²) in [7, 11) is 0. The largest absolute Gasteiger partial charge is 0.302 e. The highest BCUT2D eigenvalue weighted by atomic mass is 16.2. The monoisotopic (exact) mass is 458 g/mol. The van der Waals surface area contributed by atoms with E-state index in [2.05, 4.69) is 57.3 Å². The van der Waals surface area contributed by atoms with Crippen molar-refractivity contribution in [2.75, 3.05) is 5.01 Å². The lowest BCUT2D eigenvalue weighted by Gasteiger charge is -2.20. The van der Waals surface area contributed by atoms with Gasteiger partial charge < -0.3 is 5.43 Å². The zero-order valence-electron chi connectivity index (χ0n) is 19.7. The molecule has 0 saturated heterocycles. The van der Waals surface area contributed by atoms with E-state index in [4.69, 9.17) is 0 Å². The molecule has 0 atom stereocenters. The number of allylic oxidation sites excluding steroid dienone is 1. The molecule has 1 aliphatic heterocycles. The van der Waals surface area contributed by atoms with Crippen LogP contribution in [0.25, 0.3) is 11.4 Å². The van der Waals surface area contributed by atoms with Crippen LogP contribution < -0.4 is 15.9 Å². The van der Waals surface area contributed by atoms with Gasteiger partial charge in [-0.1, -0.05) is 45.0 Å². The van der Waals surface area contributed by atoms with Gasteiger partial charge >= 0.3 is 0 Å². The number of carbonyl (C=O) groups excluding carboxylic acids is 2. The Morgan fingerprint density at radius 2 is 1.68 bits per heavy atom. The molecular weight excluding hydrogens is 432 g/mol.